The van der Waals surface area contributed by atoms with Gasteiger partial charge in [0.1, 0.15) is 6.04 Å². The first-order chi connectivity index (χ1) is 17.4. The van der Waals surface area contributed by atoms with Crippen LogP contribution >= 0.6 is 23.2 Å². The summed E-state index contributed by atoms with van der Waals surface area (Å²) in [6.45, 7) is 5.28. The van der Waals surface area contributed by atoms with Gasteiger partial charge in [-0.05, 0) is 67.6 Å². The van der Waals surface area contributed by atoms with Gasteiger partial charge in [-0.15, -0.1) is 0 Å². The van der Waals surface area contributed by atoms with E-state index in [-0.39, 0.29) is 24.1 Å². The largest absolute Gasteiger partial charge is 0.368 e. The van der Waals surface area contributed by atoms with E-state index in [9.17, 15) is 14.4 Å². The summed E-state index contributed by atoms with van der Waals surface area (Å²) in [7, 11) is 0. The second-order valence-corrected chi connectivity index (χ2v) is 10.6. The highest BCUT2D eigenvalue weighted by molar-refractivity contribution is 6.35. The summed E-state index contributed by atoms with van der Waals surface area (Å²) < 4.78 is 0. The highest BCUT2D eigenvalue weighted by atomic mass is 35.5. The third kappa shape index (κ3) is 5.24. The molecule has 36 heavy (non-hydrogen) atoms. The Labute approximate surface area is 221 Å². The number of anilines is 1. The van der Waals surface area contributed by atoms with Gasteiger partial charge in [-0.25, -0.2) is 0 Å². The molecule has 1 N–H and O–H groups in total. The van der Waals surface area contributed by atoms with E-state index in [0.717, 1.165) is 68.3 Å². The summed E-state index contributed by atoms with van der Waals surface area (Å²) in [5.41, 5.74) is 3.89. The van der Waals surface area contributed by atoms with E-state index in [4.69, 9.17) is 23.2 Å². The van der Waals surface area contributed by atoms with Crippen LogP contribution in [0.25, 0.3) is 0 Å². The van der Waals surface area contributed by atoms with E-state index in [1.54, 1.807) is 4.90 Å². The molecule has 2 fully saturated rings. The maximum absolute atomic E-state index is 13.0. The minimum Gasteiger partial charge on any atom is -0.368 e. The third-order valence-electron chi connectivity index (χ3n) is 7.47. The number of unbranched alkanes of at least 4 members (excludes halogenated alkanes) is 1. The van der Waals surface area contributed by atoms with Crippen LogP contribution in [0.2, 0.25) is 10.0 Å². The Hall–Kier alpha value is -2.61. The van der Waals surface area contributed by atoms with Gasteiger partial charge in [-0.1, -0.05) is 35.3 Å². The molecule has 0 saturated carbocycles. The highest BCUT2D eigenvalue weighted by Crippen LogP contribution is 2.31. The third-order valence-corrected chi connectivity index (χ3v) is 8.03. The Morgan fingerprint density at radius 2 is 1.78 bits per heavy atom. The first-order valence-electron chi connectivity index (χ1n) is 12.6. The van der Waals surface area contributed by atoms with Gasteiger partial charge in [0.2, 0.25) is 11.8 Å². The molecule has 0 spiro atoms. The predicted octanol–water partition coefficient (Wildman–Crippen LogP) is 3.90. The molecule has 1 unspecified atom stereocenters. The fraction of sp³-hybridized carbons (Fsp3) is 0.444. The molecule has 0 aromatic heterocycles. The van der Waals surface area contributed by atoms with Gasteiger partial charge in [0.05, 0.1) is 10.7 Å². The van der Waals surface area contributed by atoms with Crippen molar-refractivity contribution < 1.29 is 14.4 Å². The first-order valence-corrected chi connectivity index (χ1v) is 13.3. The van der Waals surface area contributed by atoms with Crippen molar-refractivity contribution in [1.29, 1.82) is 0 Å². The van der Waals surface area contributed by atoms with E-state index in [2.05, 4.69) is 21.2 Å². The van der Waals surface area contributed by atoms with Crippen molar-refractivity contribution in [3.63, 3.8) is 0 Å². The standard InChI is InChI=1S/C27H30Cl2N4O3/c28-19-7-8-22(29)24(16-19)32-14-12-31(13-15-32)11-2-1-4-18-5-3-6-20-21(18)17-33(27(20)36)23-9-10-25(34)30-26(23)35/h3,5-8,16,23H,1-2,4,9-15,17H2,(H,30,34,35). The van der Waals surface area contributed by atoms with Crippen LogP contribution in [-0.2, 0) is 22.6 Å². The van der Waals surface area contributed by atoms with E-state index in [1.807, 2.05) is 30.3 Å². The molecule has 3 aliphatic rings. The van der Waals surface area contributed by atoms with Crippen LogP contribution in [0, 0.1) is 0 Å². The Balaban J connectivity index is 1.11. The number of carbonyl (C=O) groups excluding carboxylic acids is 3. The number of hydrogen-bond donors (Lipinski definition) is 1. The highest BCUT2D eigenvalue weighted by Gasteiger charge is 2.39. The predicted molar refractivity (Wildman–Crippen MR) is 141 cm³/mol. The molecule has 0 aliphatic carbocycles. The summed E-state index contributed by atoms with van der Waals surface area (Å²) in [4.78, 5) is 43.2. The number of carbonyl (C=O) groups is 3. The average molecular weight is 529 g/mol. The number of hydrogen-bond acceptors (Lipinski definition) is 5. The quantitative estimate of drug-likeness (QED) is 0.435. The molecular weight excluding hydrogens is 499 g/mol. The SMILES string of the molecule is O=C1CCC(N2Cc3c(CCCCN4CCN(c5cc(Cl)ccc5Cl)CC4)cccc3C2=O)C(=O)N1. The molecule has 3 aliphatic heterocycles. The smallest absolute Gasteiger partial charge is 0.255 e. The lowest BCUT2D eigenvalue weighted by molar-refractivity contribution is -0.136. The molecule has 0 radical (unpaired) electrons. The molecule has 190 valence electrons. The molecule has 5 rings (SSSR count). The van der Waals surface area contributed by atoms with Crippen LogP contribution in [0.3, 0.4) is 0 Å². The number of aryl methyl sites for hydroxylation is 1. The molecule has 2 aromatic rings. The molecule has 1 atom stereocenters. The zero-order valence-corrected chi connectivity index (χ0v) is 21.7. The van der Waals surface area contributed by atoms with Gasteiger partial charge in [0.15, 0.2) is 0 Å². The molecule has 3 amide bonds. The van der Waals surface area contributed by atoms with E-state index in [0.29, 0.717) is 23.6 Å². The van der Waals surface area contributed by atoms with Crippen LogP contribution in [0.4, 0.5) is 5.69 Å². The van der Waals surface area contributed by atoms with Gasteiger partial charge in [0.25, 0.3) is 5.91 Å². The van der Waals surface area contributed by atoms with Crippen LogP contribution < -0.4 is 10.2 Å². The number of nitrogens with zero attached hydrogens (tertiary/aromatic N) is 3. The zero-order chi connectivity index (χ0) is 25.2. The van der Waals surface area contributed by atoms with Gasteiger partial charge in [0, 0.05) is 49.7 Å². The fourth-order valence-corrected chi connectivity index (χ4v) is 5.88. The summed E-state index contributed by atoms with van der Waals surface area (Å²) in [6.07, 6.45) is 3.66. The maximum Gasteiger partial charge on any atom is 0.255 e. The van der Waals surface area contributed by atoms with E-state index in [1.165, 1.54) is 5.56 Å². The number of piperidine rings is 1. The molecule has 3 heterocycles. The van der Waals surface area contributed by atoms with Gasteiger partial charge in [-0.2, -0.15) is 0 Å². The maximum atomic E-state index is 13.0. The number of rotatable bonds is 7. The number of amides is 3. The van der Waals surface area contributed by atoms with E-state index >= 15 is 0 Å². The number of fused-ring (bicyclic) bond motifs is 1. The first kappa shape index (κ1) is 25.1. The zero-order valence-electron chi connectivity index (χ0n) is 20.1. The molecule has 9 heteroatoms. The number of nitrogens with one attached hydrogen (secondary N) is 1. The second kappa shape index (κ2) is 10.8. The normalized spacial score (nSPS) is 20.6. The molecule has 2 saturated heterocycles. The van der Waals surface area contributed by atoms with E-state index < -0.39 is 6.04 Å². The number of imide groups is 1. The summed E-state index contributed by atoms with van der Waals surface area (Å²) in [6, 6.07) is 10.9. The summed E-state index contributed by atoms with van der Waals surface area (Å²) >= 11 is 12.5. The Kier molecular flexibility index (Phi) is 7.51. The van der Waals surface area contributed by atoms with Crippen molar-refractivity contribution in [1.82, 2.24) is 15.1 Å². The van der Waals surface area contributed by atoms with Crippen molar-refractivity contribution in [2.45, 2.75) is 44.7 Å². The monoisotopic (exact) mass is 528 g/mol. The minimum atomic E-state index is -0.573. The van der Waals surface area contributed by atoms with Crippen molar-refractivity contribution in [3.8, 4) is 0 Å². The lowest BCUT2D eigenvalue weighted by atomic mass is 9.98. The number of piperazine rings is 1. The van der Waals surface area contributed by atoms with Crippen molar-refractivity contribution in [2.24, 2.45) is 0 Å². The Bertz CT molecular complexity index is 1180. The lowest BCUT2D eigenvalue weighted by Gasteiger charge is -2.36. The topological polar surface area (TPSA) is 73.0 Å². The Morgan fingerprint density at radius 3 is 2.56 bits per heavy atom. The van der Waals surface area contributed by atoms with Crippen molar-refractivity contribution in [2.75, 3.05) is 37.6 Å². The average Bonchev–Trinajstić information content (AvgIpc) is 3.20. The molecule has 0 bridgehead atoms. The van der Waals surface area contributed by atoms with Gasteiger partial charge < -0.3 is 9.80 Å². The van der Waals surface area contributed by atoms with Crippen molar-refractivity contribution in [3.05, 3.63) is 63.1 Å². The van der Waals surface area contributed by atoms with Crippen LogP contribution in [0.15, 0.2) is 36.4 Å². The minimum absolute atomic E-state index is 0.112. The van der Waals surface area contributed by atoms with Crippen LogP contribution in [-0.4, -0.2) is 66.3 Å². The van der Waals surface area contributed by atoms with Crippen LogP contribution in [0.1, 0.15) is 47.2 Å². The molecule has 2 aromatic carbocycles. The Morgan fingerprint density at radius 1 is 0.972 bits per heavy atom. The summed E-state index contributed by atoms with van der Waals surface area (Å²) in [5, 5.41) is 3.80. The molecule has 7 nitrogen and oxygen atoms in total. The van der Waals surface area contributed by atoms with Crippen molar-refractivity contribution >= 4 is 46.6 Å². The lowest BCUT2D eigenvalue weighted by Crippen LogP contribution is -2.52. The van der Waals surface area contributed by atoms with Gasteiger partial charge >= 0.3 is 0 Å². The van der Waals surface area contributed by atoms with Crippen LogP contribution in [0.5, 0.6) is 0 Å². The number of halogens is 2. The fourth-order valence-electron chi connectivity index (χ4n) is 5.48. The van der Waals surface area contributed by atoms with Gasteiger partial charge in [-0.3, -0.25) is 24.6 Å². The summed E-state index contributed by atoms with van der Waals surface area (Å²) in [5.74, 6) is -0.749. The molecular formula is C27H30Cl2N4O3. The number of benzene rings is 2. The second-order valence-electron chi connectivity index (χ2n) is 9.72.